The second kappa shape index (κ2) is 6.70. The van der Waals surface area contributed by atoms with Crippen LogP contribution in [0.25, 0.3) is 0 Å². The van der Waals surface area contributed by atoms with Gasteiger partial charge in [0, 0.05) is 10.4 Å². The lowest BCUT2D eigenvalue weighted by atomic mass is 10.1. The van der Waals surface area contributed by atoms with Gasteiger partial charge in [-0.05, 0) is 31.0 Å². The van der Waals surface area contributed by atoms with E-state index in [1.165, 1.54) is 29.5 Å². The number of hydrogen-bond acceptors (Lipinski definition) is 3. The zero-order valence-corrected chi connectivity index (χ0v) is 13.2. The molecule has 1 heterocycles. The fraction of sp³-hybridized carbons (Fsp3) is 0.250. The molecule has 6 heteroatoms. The van der Waals surface area contributed by atoms with Crippen molar-refractivity contribution in [3.63, 3.8) is 0 Å². The van der Waals surface area contributed by atoms with Gasteiger partial charge < -0.3 is 11.1 Å². The first-order valence-electron chi connectivity index (χ1n) is 6.88. The van der Waals surface area contributed by atoms with Crippen molar-refractivity contribution in [2.45, 2.75) is 26.3 Å². The van der Waals surface area contributed by atoms with E-state index in [1.54, 1.807) is 12.1 Å². The molecule has 1 aromatic carbocycles. The number of rotatable bonds is 5. The van der Waals surface area contributed by atoms with Crippen LogP contribution in [0.3, 0.4) is 0 Å². The van der Waals surface area contributed by atoms with Crippen LogP contribution in [0.1, 0.15) is 38.6 Å². The minimum absolute atomic E-state index is 0.0624. The summed E-state index contributed by atoms with van der Waals surface area (Å²) in [5, 5.41) is 2.51. The van der Waals surface area contributed by atoms with E-state index >= 15 is 0 Å². The number of thiophene rings is 1. The molecule has 0 radical (unpaired) electrons. The Hall–Kier alpha value is -2.21. The van der Waals surface area contributed by atoms with Crippen molar-refractivity contribution in [2.24, 2.45) is 5.73 Å². The summed E-state index contributed by atoms with van der Waals surface area (Å²) in [6.45, 7) is 3.93. The lowest BCUT2D eigenvalue weighted by Gasteiger charge is -2.16. The number of amides is 2. The van der Waals surface area contributed by atoms with Gasteiger partial charge in [0.1, 0.15) is 11.9 Å². The number of carbonyl (C=O) groups is 2. The van der Waals surface area contributed by atoms with E-state index in [-0.39, 0.29) is 5.56 Å². The topological polar surface area (TPSA) is 72.2 Å². The van der Waals surface area contributed by atoms with Crippen LogP contribution in [0.4, 0.5) is 4.39 Å². The summed E-state index contributed by atoms with van der Waals surface area (Å²) in [7, 11) is 0. The lowest BCUT2D eigenvalue weighted by Crippen LogP contribution is -2.37. The molecule has 2 aromatic rings. The molecule has 1 atom stereocenters. The van der Waals surface area contributed by atoms with Crippen LogP contribution < -0.4 is 11.1 Å². The maximum Gasteiger partial charge on any atom is 0.262 e. The fourth-order valence-electron chi connectivity index (χ4n) is 2.20. The molecule has 0 saturated carbocycles. The van der Waals surface area contributed by atoms with E-state index in [2.05, 4.69) is 5.32 Å². The van der Waals surface area contributed by atoms with Crippen molar-refractivity contribution >= 4 is 23.2 Å². The third-order valence-corrected chi connectivity index (χ3v) is 4.72. The number of aryl methyl sites for hydroxylation is 2. The maximum absolute atomic E-state index is 13.8. The third-order valence-electron chi connectivity index (χ3n) is 3.34. The van der Waals surface area contributed by atoms with Crippen molar-refractivity contribution < 1.29 is 14.0 Å². The second-order valence-corrected chi connectivity index (χ2v) is 6.04. The van der Waals surface area contributed by atoms with E-state index < -0.39 is 23.7 Å². The van der Waals surface area contributed by atoms with Gasteiger partial charge in [0.05, 0.1) is 4.88 Å². The monoisotopic (exact) mass is 320 g/mol. The van der Waals surface area contributed by atoms with Crippen LogP contribution in [0.2, 0.25) is 0 Å². The highest BCUT2D eigenvalue weighted by molar-refractivity contribution is 7.14. The number of nitrogens with one attached hydrogen (secondary N) is 1. The highest BCUT2D eigenvalue weighted by Gasteiger charge is 2.24. The molecule has 0 saturated heterocycles. The second-order valence-electron chi connectivity index (χ2n) is 4.90. The number of halogens is 1. The third kappa shape index (κ3) is 3.33. The highest BCUT2D eigenvalue weighted by Crippen LogP contribution is 2.24. The number of hydrogen-bond donors (Lipinski definition) is 2. The smallest absolute Gasteiger partial charge is 0.262 e. The molecular weight excluding hydrogens is 303 g/mol. The van der Waals surface area contributed by atoms with Crippen LogP contribution in [0.15, 0.2) is 30.3 Å². The molecule has 2 rings (SSSR count). The molecule has 116 valence electrons. The van der Waals surface area contributed by atoms with E-state index in [4.69, 9.17) is 5.73 Å². The molecular formula is C16H17FN2O2S. The Morgan fingerprint density at radius 1 is 1.36 bits per heavy atom. The minimum Gasteiger partial charge on any atom is -0.368 e. The molecule has 0 fully saturated rings. The molecule has 0 aliphatic carbocycles. The van der Waals surface area contributed by atoms with E-state index in [9.17, 15) is 14.0 Å². The Balaban J connectivity index is 2.26. The molecule has 4 nitrogen and oxygen atoms in total. The van der Waals surface area contributed by atoms with E-state index in [0.29, 0.717) is 4.88 Å². The number of carbonyl (C=O) groups excluding carboxylic acids is 2. The van der Waals surface area contributed by atoms with Crippen LogP contribution >= 0.6 is 11.3 Å². The van der Waals surface area contributed by atoms with Crippen molar-refractivity contribution in [3.8, 4) is 0 Å². The normalized spacial score (nSPS) is 12.0. The summed E-state index contributed by atoms with van der Waals surface area (Å²) in [6, 6.07) is 6.32. The predicted octanol–water partition coefficient (Wildman–Crippen LogP) is 2.71. The zero-order chi connectivity index (χ0) is 16.3. The van der Waals surface area contributed by atoms with E-state index in [0.717, 1.165) is 16.9 Å². The Kier molecular flexibility index (Phi) is 4.92. The minimum atomic E-state index is -1.19. The van der Waals surface area contributed by atoms with Crippen LogP contribution in [-0.4, -0.2) is 11.8 Å². The summed E-state index contributed by atoms with van der Waals surface area (Å²) < 4.78 is 13.8. The Morgan fingerprint density at radius 2 is 2.05 bits per heavy atom. The SMILES string of the molecule is CCc1sc(C(=O)N[C@@H](C(N)=O)c2ccccc2F)cc1C. The molecule has 0 bridgehead atoms. The lowest BCUT2D eigenvalue weighted by molar-refractivity contribution is -0.120. The van der Waals surface area contributed by atoms with Gasteiger partial charge in [0.2, 0.25) is 5.91 Å². The number of benzene rings is 1. The first kappa shape index (κ1) is 16.2. The predicted molar refractivity (Wildman–Crippen MR) is 84.2 cm³/mol. The van der Waals surface area contributed by atoms with Crippen molar-refractivity contribution in [1.82, 2.24) is 5.32 Å². The first-order valence-corrected chi connectivity index (χ1v) is 7.69. The average Bonchev–Trinajstić information content (AvgIpc) is 2.86. The molecule has 0 aliphatic heterocycles. The van der Waals surface area contributed by atoms with Gasteiger partial charge in [-0.15, -0.1) is 11.3 Å². The summed E-state index contributed by atoms with van der Waals surface area (Å²) in [6.07, 6.45) is 0.830. The van der Waals surface area contributed by atoms with Gasteiger partial charge in [-0.25, -0.2) is 4.39 Å². The largest absolute Gasteiger partial charge is 0.368 e. The van der Waals surface area contributed by atoms with Crippen LogP contribution in [0.5, 0.6) is 0 Å². The summed E-state index contributed by atoms with van der Waals surface area (Å²) >= 11 is 1.36. The molecule has 22 heavy (non-hydrogen) atoms. The first-order chi connectivity index (χ1) is 10.4. The summed E-state index contributed by atoms with van der Waals surface area (Å²) in [5.41, 5.74) is 6.40. The Labute approximate surface area is 132 Å². The van der Waals surface area contributed by atoms with Gasteiger partial charge in [0.25, 0.3) is 5.91 Å². The molecule has 3 N–H and O–H groups in total. The zero-order valence-electron chi connectivity index (χ0n) is 12.4. The van der Waals surface area contributed by atoms with Crippen molar-refractivity contribution in [2.75, 3.05) is 0 Å². The van der Waals surface area contributed by atoms with E-state index in [1.807, 2.05) is 13.8 Å². The quantitative estimate of drug-likeness (QED) is 0.889. The number of primary amides is 1. The Morgan fingerprint density at radius 3 is 2.59 bits per heavy atom. The van der Waals surface area contributed by atoms with Gasteiger partial charge in [0.15, 0.2) is 0 Å². The van der Waals surface area contributed by atoms with Crippen LogP contribution in [0, 0.1) is 12.7 Å². The van der Waals surface area contributed by atoms with Crippen LogP contribution in [-0.2, 0) is 11.2 Å². The molecule has 2 amide bonds. The Bertz CT molecular complexity index is 712. The van der Waals surface area contributed by atoms with Crippen molar-refractivity contribution in [3.05, 3.63) is 57.0 Å². The fourth-order valence-corrected chi connectivity index (χ4v) is 3.21. The van der Waals surface area contributed by atoms with Gasteiger partial charge in [-0.3, -0.25) is 9.59 Å². The molecule has 0 spiro atoms. The van der Waals surface area contributed by atoms with Gasteiger partial charge in [-0.2, -0.15) is 0 Å². The van der Waals surface area contributed by atoms with Gasteiger partial charge in [-0.1, -0.05) is 25.1 Å². The standard InChI is InChI=1S/C16H17FN2O2S/c1-3-12-9(2)8-13(22-12)16(21)19-14(15(18)20)10-6-4-5-7-11(10)17/h4-8,14H,3H2,1-2H3,(H2,18,20)(H,19,21)/t14-/m1/s1. The van der Waals surface area contributed by atoms with Crippen molar-refractivity contribution in [1.29, 1.82) is 0 Å². The molecule has 0 aliphatic rings. The number of nitrogens with two attached hydrogens (primary N) is 1. The molecule has 1 aromatic heterocycles. The summed E-state index contributed by atoms with van der Waals surface area (Å²) in [4.78, 5) is 25.5. The highest BCUT2D eigenvalue weighted by atomic mass is 32.1. The average molecular weight is 320 g/mol. The van der Waals surface area contributed by atoms with Gasteiger partial charge >= 0.3 is 0 Å². The molecule has 0 unspecified atom stereocenters. The maximum atomic E-state index is 13.8. The summed E-state index contributed by atoms with van der Waals surface area (Å²) in [5.74, 6) is -1.81.